The molecule has 2 heterocycles. The Morgan fingerprint density at radius 2 is 2.26 bits per heavy atom. The Labute approximate surface area is 113 Å². The molecule has 0 spiro atoms. The van der Waals surface area contributed by atoms with E-state index in [1.54, 1.807) is 0 Å². The van der Waals surface area contributed by atoms with Gasteiger partial charge < -0.3 is 15.4 Å². The number of aryl methyl sites for hydroxylation is 1. The third kappa shape index (κ3) is 3.01. The van der Waals surface area contributed by atoms with Crippen molar-refractivity contribution in [2.24, 2.45) is 5.73 Å². The molecule has 2 rings (SSSR count). The van der Waals surface area contributed by atoms with Gasteiger partial charge in [-0.1, -0.05) is 6.92 Å². The van der Waals surface area contributed by atoms with Crippen molar-refractivity contribution < 1.29 is 9.13 Å². The highest BCUT2D eigenvalue weighted by atomic mass is 19.1. The van der Waals surface area contributed by atoms with Crippen LogP contribution in [0.5, 0.6) is 0 Å². The second kappa shape index (κ2) is 5.38. The summed E-state index contributed by atoms with van der Waals surface area (Å²) < 4.78 is 20.1. The highest BCUT2D eigenvalue weighted by Crippen LogP contribution is 2.26. The summed E-state index contributed by atoms with van der Waals surface area (Å²) in [5.41, 5.74) is 5.75. The van der Waals surface area contributed by atoms with E-state index < -0.39 is 0 Å². The molecular weight excluding hydrogens is 247 g/mol. The van der Waals surface area contributed by atoms with Crippen LogP contribution in [0.25, 0.3) is 0 Å². The van der Waals surface area contributed by atoms with E-state index >= 15 is 0 Å². The van der Waals surface area contributed by atoms with Gasteiger partial charge in [0.15, 0.2) is 11.6 Å². The van der Waals surface area contributed by atoms with Gasteiger partial charge in [-0.15, -0.1) is 0 Å². The molecule has 0 saturated carbocycles. The molecule has 1 aliphatic rings. The number of nitrogens with zero attached hydrogens (tertiary/aromatic N) is 3. The summed E-state index contributed by atoms with van der Waals surface area (Å²) in [7, 11) is 0. The fourth-order valence-corrected chi connectivity index (χ4v) is 2.44. The third-order valence-corrected chi connectivity index (χ3v) is 3.22. The molecular formula is C13H21FN4O. The molecule has 0 amide bonds. The van der Waals surface area contributed by atoms with Gasteiger partial charge in [0.05, 0.1) is 17.4 Å². The molecule has 1 unspecified atom stereocenters. The quantitative estimate of drug-likeness (QED) is 0.890. The molecule has 5 nitrogen and oxygen atoms in total. The first kappa shape index (κ1) is 14.1. The first-order chi connectivity index (χ1) is 8.96. The van der Waals surface area contributed by atoms with E-state index in [0.717, 1.165) is 0 Å². The number of hydrogen-bond acceptors (Lipinski definition) is 5. The normalized spacial score (nSPS) is 22.6. The number of halogens is 1. The van der Waals surface area contributed by atoms with Crippen molar-refractivity contribution in [2.45, 2.75) is 38.9 Å². The van der Waals surface area contributed by atoms with Gasteiger partial charge in [-0.05, 0) is 20.3 Å². The topological polar surface area (TPSA) is 64.3 Å². The summed E-state index contributed by atoms with van der Waals surface area (Å²) in [5, 5.41) is 0. The number of ether oxygens (including phenoxy) is 1. The molecule has 6 heteroatoms. The van der Waals surface area contributed by atoms with Gasteiger partial charge in [-0.2, -0.15) is 0 Å². The zero-order valence-corrected chi connectivity index (χ0v) is 11.7. The maximum atomic E-state index is 14.3. The molecule has 1 aromatic rings. The zero-order valence-electron chi connectivity index (χ0n) is 11.7. The summed E-state index contributed by atoms with van der Waals surface area (Å²) >= 11 is 0. The smallest absolute Gasteiger partial charge is 0.187 e. The van der Waals surface area contributed by atoms with Crippen molar-refractivity contribution in [3.63, 3.8) is 0 Å². The highest BCUT2D eigenvalue weighted by Gasteiger charge is 2.34. The Morgan fingerprint density at radius 3 is 2.89 bits per heavy atom. The van der Waals surface area contributed by atoms with Gasteiger partial charge in [0.25, 0.3) is 0 Å². The standard InChI is InChI=1S/C13H21FN4O/c1-4-10-11(14)12(17-8-16-10)18-6-9(5-15)19-13(2,3)7-18/h8-9H,4-7,15H2,1-3H3. The molecule has 1 atom stereocenters. The second-order valence-corrected chi connectivity index (χ2v) is 5.43. The number of rotatable bonds is 3. The number of aromatic nitrogens is 2. The largest absolute Gasteiger partial charge is 0.367 e. The first-order valence-corrected chi connectivity index (χ1v) is 6.59. The van der Waals surface area contributed by atoms with Crippen LogP contribution in [0.2, 0.25) is 0 Å². The highest BCUT2D eigenvalue weighted by molar-refractivity contribution is 5.42. The molecule has 0 bridgehead atoms. The molecule has 0 aromatic carbocycles. The van der Waals surface area contributed by atoms with Gasteiger partial charge in [0.2, 0.25) is 0 Å². The first-order valence-electron chi connectivity index (χ1n) is 6.59. The predicted octanol–water partition coefficient (Wildman–Crippen LogP) is 1.12. The Kier molecular flexibility index (Phi) is 4.01. The van der Waals surface area contributed by atoms with E-state index in [0.29, 0.717) is 37.6 Å². The zero-order chi connectivity index (χ0) is 14.0. The summed E-state index contributed by atoms with van der Waals surface area (Å²) in [6, 6.07) is 0. The van der Waals surface area contributed by atoms with E-state index in [1.165, 1.54) is 6.33 Å². The predicted molar refractivity (Wildman–Crippen MR) is 71.6 cm³/mol. The van der Waals surface area contributed by atoms with Crippen molar-refractivity contribution >= 4 is 5.82 Å². The summed E-state index contributed by atoms with van der Waals surface area (Å²) in [6.45, 7) is 7.37. The van der Waals surface area contributed by atoms with Crippen molar-refractivity contribution in [3.8, 4) is 0 Å². The van der Waals surface area contributed by atoms with E-state index in [2.05, 4.69) is 9.97 Å². The van der Waals surface area contributed by atoms with Crippen LogP contribution in [-0.2, 0) is 11.2 Å². The SMILES string of the molecule is CCc1ncnc(N2CC(CN)OC(C)(C)C2)c1F. The lowest BCUT2D eigenvalue weighted by atomic mass is 10.0. The number of anilines is 1. The average molecular weight is 268 g/mol. The van der Waals surface area contributed by atoms with Gasteiger partial charge in [0.1, 0.15) is 6.33 Å². The van der Waals surface area contributed by atoms with E-state index in [-0.39, 0.29) is 17.5 Å². The molecule has 1 fully saturated rings. The summed E-state index contributed by atoms with van der Waals surface area (Å²) in [4.78, 5) is 9.95. The van der Waals surface area contributed by atoms with Crippen LogP contribution in [0.15, 0.2) is 6.33 Å². The number of morpholine rings is 1. The molecule has 1 saturated heterocycles. The number of nitrogens with two attached hydrogens (primary N) is 1. The summed E-state index contributed by atoms with van der Waals surface area (Å²) in [5.74, 6) is 0.0140. The molecule has 0 aliphatic carbocycles. The lowest BCUT2D eigenvalue weighted by Crippen LogP contribution is -2.55. The van der Waals surface area contributed by atoms with E-state index in [4.69, 9.17) is 10.5 Å². The van der Waals surface area contributed by atoms with Crippen LogP contribution >= 0.6 is 0 Å². The van der Waals surface area contributed by atoms with Gasteiger partial charge in [-0.3, -0.25) is 0 Å². The molecule has 1 aliphatic heterocycles. The maximum Gasteiger partial charge on any atom is 0.187 e. The van der Waals surface area contributed by atoms with Gasteiger partial charge >= 0.3 is 0 Å². The van der Waals surface area contributed by atoms with Crippen molar-refractivity contribution in [1.82, 2.24) is 9.97 Å². The Bertz CT molecular complexity index is 452. The minimum absolute atomic E-state index is 0.108. The minimum Gasteiger partial charge on any atom is -0.367 e. The lowest BCUT2D eigenvalue weighted by Gasteiger charge is -2.43. The molecule has 19 heavy (non-hydrogen) atoms. The Balaban J connectivity index is 2.30. The summed E-state index contributed by atoms with van der Waals surface area (Å²) in [6.07, 6.45) is 1.86. The van der Waals surface area contributed by atoms with E-state index in [9.17, 15) is 4.39 Å². The van der Waals surface area contributed by atoms with Crippen LogP contribution in [0.3, 0.4) is 0 Å². The fourth-order valence-electron chi connectivity index (χ4n) is 2.44. The Morgan fingerprint density at radius 1 is 1.53 bits per heavy atom. The van der Waals surface area contributed by atoms with Crippen LogP contribution in [0.1, 0.15) is 26.5 Å². The average Bonchev–Trinajstić information content (AvgIpc) is 2.37. The molecule has 1 aromatic heterocycles. The molecule has 2 N–H and O–H groups in total. The van der Waals surface area contributed by atoms with Crippen LogP contribution in [0, 0.1) is 5.82 Å². The van der Waals surface area contributed by atoms with Crippen LogP contribution < -0.4 is 10.6 Å². The monoisotopic (exact) mass is 268 g/mol. The Hall–Kier alpha value is -1.27. The lowest BCUT2D eigenvalue weighted by molar-refractivity contribution is -0.0791. The minimum atomic E-state index is -0.369. The van der Waals surface area contributed by atoms with Crippen molar-refractivity contribution in [2.75, 3.05) is 24.5 Å². The fraction of sp³-hybridized carbons (Fsp3) is 0.692. The van der Waals surface area contributed by atoms with Crippen LogP contribution in [0.4, 0.5) is 10.2 Å². The van der Waals surface area contributed by atoms with Crippen LogP contribution in [-0.4, -0.2) is 41.3 Å². The second-order valence-electron chi connectivity index (χ2n) is 5.43. The van der Waals surface area contributed by atoms with Gasteiger partial charge in [-0.25, -0.2) is 14.4 Å². The van der Waals surface area contributed by atoms with E-state index in [1.807, 2.05) is 25.7 Å². The van der Waals surface area contributed by atoms with Crippen molar-refractivity contribution in [1.29, 1.82) is 0 Å². The molecule has 106 valence electrons. The third-order valence-electron chi connectivity index (χ3n) is 3.22. The molecule has 0 radical (unpaired) electrons. The van der Waals surface area contributed by atoms with Gasteiger partial charge in [0, 0.05) is 19.6 Å². The maximum absolute atomic E-state index is 14.3. The van der Waals surface area contributed by atoms with Crippen molar-refractivity contribution in [3.05, 3.63) is 17.8 Å². The number of hydrogen-bond donors (Lipinski definition) is 1.